The van der Waals surface area contributed by atoms with Gasteiger partial charge >= 0.3 is 0 Å². The van der Waals surface area contributed by atoms with Crippen molar-refractivity contribution in [3.8, 4) is 5.75 Å². The lowest BCUT2D eigenvalue weighted by molar-refractivity contribution is 0.0981. The molecule has 0 unspecified atom stereocenters. The molecule has 248 valence electrons. The predicted molar refractivity (Wildman–Crippen MR) is 198 cm³/mol. The van der Waals surface area contributed by atoms with Crippen molar-refractivity contribution >= 4 is 69.0 Å². The Balaban J connectivity index is 1.15. The molecule has 3 aliphatic rings. The largest absolute Gasteiger partial charge is 0.491 e. The van der Waals surface area contributed by atoms with Crippen LogP contribution in [-0.2, 0) is 12.8 Å². The molecule has 0 bridgehead atoms. The van der Waals surface area contributed by atoms with E-state index < -0.39 is 7.92 Å². The molecule has 4 aromatic rings. The van der Waals surface area contributed by atoms with Crippen molar-refractivity contribution in [2.75, 3.05) is 81.8 Å². The zero-order valence-corrected chi connectivity index (χ0v) is 30.4. The lowest BCUT2D eigenvalue weighted by Gasteiger charge is -2.43. The minimum absolute atomic E-state index is 0.462. The van der Waals surface area contributed by atoms with Gasteiger partial charge < -0.3 is 25.2 Å². The van der Waals surface area contributed by atoms with Gasteiger partial charge in [0, 0.05) is 86.1 Å². The number of nitrogens with one attached hydrogen (secondary N) is 2. The van der Waals surface area contributed by atoms with Crippen LogP contribution < -0.4 is 25.6 Å². The van der Waals surface area contributed by atoms with Crippen molar-refractivity contribution in [2.45, 2.75) is 45.1 Å². The molecule has 0 aliphatic carbocycles. The van der Waals surface area contributed by atoms with Crippen LogP contribution in [0.4, 0.5) is 28.8 Å². The summed E-state index contributed by atoms with van der Waals surface area (Å²) in [4.78, 5) is 26.6. The van der Waals surface area contributed by atoms with Gasteiger partial charge in [-0.1, -0.05) is 14.8 Å². The number of rotatable bonds is 8. The molecule has 2 aromatic carbocycles. The number of halogens is 1. The number of likely N-dealkylation sites (N-methyl/N-ethyl adjacent to an activating group) is 1. The Morgan fingerprint density at radius 2 is 1.77 bits per heavy atom. The molecule has 12 heteroatoms. The maximum atomic E-state index is 6.42. The Morgan fingerprint density at radius 3 is 2.53 bits per heavy atom. The van der Waals surface area contributed by atoms with E-state index in [0.717, 1.165) is 71.6 Å². The second-order valence-corrected chi connectivity index (χ2v) is 16.1. The fourth-order valence-electron chi connectivity index (χ4n) is 7.33. The highest BCUT2D eigenvalue weighted by Crippen LogP contribution is 2.44. The van der Waals surface area contributed by atoms with Crippen LogP contribution in [0.3, 0.4) is 0 Å². The molecule has 2 aromatic heterocycles. The van der Waals surface area contributed by atoms with Crippen molar-refractivity contribution in [3.05, 3.63) is 52.4 Å². The van der Waals surface area contributed by atoms with Gasteiger partial charge in [-0.2, -0.15) is 4.98 Å². The number of aryl methyl sites for hydroxylation is 1. The number of benzene rings is 2. The maximum absolute atomic E-state index is 6.42. The van der Waals surface area contributed by atoms with E-state index in [0.29, 0.717) is 17.8 Å². The smallest absolute Gasteiger partial charge is 0.229 e. The van der Waals surface area contributed by atoms with Crippen LogP contribution in [0.15, 0.2) is 41.3 Å². The summed E-state index contributed by atoms with van der Waals surface area (Å²) in [5.74, 6) is 2.16. The zero-order valence-electron chi connectivity index (χ0n) is 27.9. The van der Waals surface area contributed by atoms with Crippen molar-refractivity contribution in [3.63, 3.8) is 0 Å². The van der Waals surface area contributed by atoms with E-state index in [9.17, 15) is 0 Å². The average Bonchev–Trinajstić information content (AvgIpc) is 3.09. The van der Waals surface area contributed by atoms with Crippen molar-refractivity contribution in [2.24, 2.45) is 0 Å². The molecule has 5 heterocycles. The number of aromatic nitrogens is 4. The average molecular weight is 719 g/mol. The number of hydrogen-bond donors (Lipinski definition) is 2. The number of piperazine rings is 1. The summed E-state index contributed by atoms with van der Waals surface area (Å²) in [6.07, 6.45) is 10.7. The van der Waals surface area contributed by atoms with E-state index in [4.69, 9.17) is 9.72 Å². The summed E-state index contributed by atoms with van der Waals surface area (Å²) < 4.78 is 7.21. The van der Waals surface area contributed by atoms with E-state index in [2.05, 4.69) is 95.6 Å². The lowest BCUT2D eigenvalue weighted by atomic mass is 9.93. The molecule has 0 amide bonds. The quantitative estimate of drug-likeness (QED) is 0.207. The van der Waals surface area contributed by atoms with Gasteiger partial charge in [-0.25, -0.2) is 4.98 Å². The van der Waals surface area contributed by atoms with Gasteiger partial charge in [0.25, 0.3) is 0 Å². The first-order chi connectivity index (χ1) is 22.9. The van der Waals surface area contributed by atoms with Crippen molar-refractivity contribution < 1.29 is 4.74 Å². The first-order valence-electron chi connectivity index (χ1n) is 16.9. The fourth-order valence-corrected chi connectivity index (χ4v) is 8.83. The van der Waals surface area contributed by atoms with Gasteiger partial charge in [0.1, 0.15) is 11.6 Å². The number of hydrogen-bond acceptors (Lipinski definition) is 10. The highest BCUT2D eigenvalue weighted by Gasteiger charge is 2.31. The van der Waals surface area contributed by atoms with Crippen LogP contribution in [0.5, 0.6) is 5.75 Å². The maximum Gasteiger partial charge on any atom is 0.229 e. The zero-order chi connectivity index (χ0) is 32.5. The second-order valence-electron chi connectivity index (χ2n) is 13.0. The Bertz CT molecular complexity index is 1740. The van der Waals surface area contributed by atoms with Crippen LogP contribution >= 0.6 is 23.9 Å². The molecule has 0 spiro atoms. The molecule has 2 fully saturated rings. The molecule has 2 N–H and O–H groups in total. The Labute approximate surface area is 287 Å². The van der Waals surface area contributed by atoms with Gasteiger partial charge in [-0.15, -0.1) is 0 Å². The number of anilines is 5. The fraction of sp³-hybridized carbons (Fsp3) is 0.486. The molecule has 0 radical (unpaired) electrons. The highest BCUT2D eigenvalue weighted by molar-refractivity contribution is 9.10. The third-order valence-electron chi connectivity index (χ3n) is 9.77. The molecule has 10 nitrogen and oxygen atoms in total. The van der Waals surface area contributed by atoms with Crippen molar-refractivity contribution in [1.82, 2.24) is 29.7 Å². The van der Waals surface area contributed by atoms with Crippen LogP contribution in [0.25, 0.3) is 11.0 Å². The first-order valence-corrected chi connectivity index (χ1v) is 19.9. The summed E-state index contributed by atoms with van der Waals surface area (Å²) in [6.45, 7) is 14.4. The second kappa shape index (κ2) is 14.2. The summed E-state index contributed by atoms with van der Waals surface area (Å²) in [5.41, 5.74) is 7.82. The number of piperidine rings is 1. The third-order valence-corrected chi connectivity index (χ3v) is 11.7. The van der Waals surface area contributed by atoms with Gasteiger partial charge in [0.15, 0.2) is 0 Å². The summed E-state index contributed by atoms with van der Waals surface area (Å²) in [7, 11) is 1.77. The molecule has 0 saturated carbocycles. The van der Waals surface area contributed by atoms with E-state index in [1.807, 2.05) is 6.07 Å². The number of ether oxygens (including phenoxy) is 1. The Hall–Kier alpha value is -3.11. The first kappa shape index (κ1) is 32.4. The van der Waals surface area contributed by atoms with E-state index >= 15 is 0 Å². The standard InChI is InChI=1S/C35H45BrN9OP/c1-5-23-21-29(32-25(7-6-20-46-32)31(23)45-14-10-24(11-15-45)44-18-16-43(2)17-19-44)41-35-39-22-26(36)34(42-35)40-28-9-8-27-30(33(28)47(3)4)38-13-12-37-27/h8-9,12-13,21-22,24H,5-7,10-11,14-20H2,1-4H3,(H2,39,40,41,42). The van der Waals surface area contributed by atoms with Gasteiger partial charge in [0.2, 0.25) is 5.95 Å². The third kappa shape index (κ3) is 6.77. The van der Waals surface area contributed by atoms with Crippen LogP contribution in [0, 0.1) is 0 Å². The summed E-state index contributed by atoms with van der Waals surface area (Å²) >= 11 is 3.68. The normalized spacial score (nSPS) is 18.0. The van der Waals surface area contributed by atoms with Crippen LogP contribution in [0.1, 0.15) is 37.3 Å². The molecule has 0 atom stereocenters. The molecule has 7 rings (SSSR count). The molecule has 3 aliphatic heterocycles. The van der Waals surface area contributed by atoms with Crippen LogP contribution in [0.2, 0.25) is 0 Å². The molecular formula is C35H45BrN9OP. The molecular weight excluding hydrogens is 673 g/mol. The molecule has 47 heavy (non-hydrogen) atoms. The Morgan fingerprint density at radius 1 is 0.979 bits per heavy atom. The number of nitrogens with zero attached hydrogens (tertiary/aromatic N) is 7. The van der Waals surface area contributed by atoms with Crippen molar-refractivity contribution in [1.29, 1.82) is 0 Å². The summed E-state index contributed by atoms with van der Waals surface area (Å²) in [6, 6.07) is 7.04. The van der Waals surface area contributed by atoms with Crippen LogP contribution in [-0.4, -0.2) is 102 Å². The number of fused-ring (bicyclic) bond motifs is 2. The minimum atomic E-state index is -0.462. The van der Waals surface area contributed by atoms with Gasteiger partial charge in [-0.3, -0.25) is 14.9 Å². The van der Waals surface area contributed by atoms with Gasteiger partial charge in [-0.05, 0) is 92.2 Å². The highest BCUT2D eigenvalue weighted by atomic mass is 79.9. The Kier molecular flexibility index (Phi) is 9.78. The lowest BCUT2D eigenvalue weighted by Crippen LogP contribution is -2.52. The monoisotopic (exact) mass is 717 g/mol. The van der Waals surface area contributed by atoms with E-state index in [1.54, 1.807) is 18.6 Å². The summed E-state index contributed by atoms with van der Waals surface area (Å²) in [5, 5.41) is 8.30. The SMILES string of the molecule is CCc1cc(Nc2ncc(Br)c(Nc3ccc4nccnc4c3P(C)C)n2)c2c(c1N1CCC(N3CCN(C)CC3)CC1)CCCO2. The van der Waals surface area contributed by atoms with E-state index in [-0.39, 0.29) is 0 Å². The van der Waals surface area contributed by atoms with Gasteiger partial charge in [0.05, 0.1) is 27.8 Å². The van der Waals surface area contributed by atoms with E-state index in [1.165, 1.54) is 61.1 Å². The topological polar surface area (TPSA) is 94.6 Å². The molecule has 2 saturated heterocycles. The minimum Gasteiger partial charge on any atom is -0.491 e. The predicted octanol–water partition coefficient (Wildman–Crippen LogP) is 6.14.